The van der Waals surface area contributed by atoms with Crippen molar-refractivity contribution in [3.8, 4) is 17.2 Å². The van der Waals surface area contributed by atoms with Crippen LogP contribution in [0, 0.1) is 0 Å². The number of aromatic hydroxyl groups is 2. The lowest BCUT2D eigenvalue weighted by Crippen LogP contribution is -2.55. The minimum Gasteiger partial charge on any atom is -0.507 e. The number of phenols is 2. The highest BCUT2D eigenvalue weighted by molar-refractivity contribution is 6.31. The standard InChI is InChI=1S/C50H70N2O14/c1-4-5-6-7-8-9-10-11-12-13-14-15-16-17-18-19-26-64-49(61)51-25-21-24-38(55)52-34-27-39(65-31(2)44(34)56)66-36-29-50(62,37(54)30-53)28-33-41(36)48(60)43-42(46(33)58)45(57)32-22-20-23-35(63-3)40(32)47(43)59/h11-12,20,22-23,31,34,36,39,44,53,56,58,60,62H,4-10,13-19,21,24-30H2,1-3H3,(H,51,61)(H,52,55)/b12-11+/t31-,34-,36-,39-,44+,50-/m0/s1. The van der Waals surface area contributed by atoms with Crippen LogP contribution in [0.2, 0.25) is 0 Å². The molecule has 5 rings (SSSR count). The summed E-state index contributed by atoms with van der Waals surface area (Å²) in [4.78, 5) is 66.0. The number of phenolic OH excluding ortho intramolecular Hbond substituents is 2. The number of ether oxygens (including phenoxy) is 4. The number of allylic oxidation sites excluding steroid dienone is 2. The van der Waals surface area contributed by atoms with Crippen molar-refractivity contribution >= 4 is 29.4 Å². The minimum absolute atomic E-state index is 0.00437. The molecule has 0 unspecified atom stereocenters. The molecule has 0 spiro atoms. The molecule has 1 aliphatic heterocycles. The number of carbonyl (C=O) groups excluding carboxylic acids is 5. The number of Topliss-reactive ketones (excluding diaryl/α,β-unsaturated/α-hetero) is 1. The number of benzene rings is 2. The SMILES string of the molecule is CCCCCCCC/C=C/CCCCCCCCOC(=O)NCCCC(=O)N[C@H]1C[C@H](O[C@H]2C[C@](O)(C(=O)CO)Cc3c(O)c4c(c(O)c32)C(=O)c2c(OC)cccc2C4=O)O[C@@H](C)[C@H]1O. The molecule has 16 nitrogen and oxygen atoms in total. The lowest BCUT2D eigenvalue weighted by molar-refractivity contribution is -0.249. The largest absolute Gasteiger partial charge is 0.507 e. The lowest BCUT2D eigenvalue weighted by Gasteiger charge is -2.43. The highest BCUT2D eigenvalue weighted by Gasteiger charge is 2.50. The number of aliphatic hydroxyl groups excluding tert-OH is 2. The Kier molecular flexibility index (Phi) is 20.0. The number of aliphatic hydroxyl groups is 3. The number of carbonyl (C=O) groups is 5. The first kappa shape index (κ1) is 52.1. The quantitative estimate of drug-likeness (QED) is 0.0252. The first-order chi connectivity index (χ1) is 31.8. The zero-order valence-corrected chi connectivity index (χ0v) is 38.7. The average Bonchev–Trinajstić information content (AvgIpc) is 3.30. The Hall–Kier alpha value is -4.87. The number of amides is 2. The van der Waals surface area contributed by atoms with Gasteiger partial charge in [-0.3, -0.25) is 19.2 Å². The summed E-state index contributed by atoms with van der Waals surface area (Å²) in [6, 6.07) is 3.42. The van der Waals surface area contributed by atoms with Gasteiger partial charge in [-0.2, -0.15) is 0 Å². The number of nitrogens with one attached hydrogen (secondary N) is 2. The van der Waals surface area contributed by atoms with Crippen LogP contribution in [0.4, 0.5) is 4.79 Å². The third kappa shape index (κ3) is 13.2. The van der Waals surface area contributed by atoms with Crippen molar-refractivity contribution in [1.82, 2.24) is 10.6 Å². The zero-order chi connectivity index (χ0) is 47.8. The molecular weight excluding hydrogens is 853 g/mol. The summed E-state index contributed by atoms with van der Waals surface area (Å²) in [6.45, 7) is 3.20. The van der Waals surface area contributed by atoms with Gasteiger partial charge >= 0.3 is 6.09 Å². The lowest BCUT2D eigenvalue weighted by atomic mass is 9.72. The normalized spacial score (nSPS) is 22.4. The highest BCUT2D eigenvalue weighted by atomic mass is 16.7. The molecule has 2 aromatic carbocycles. The summed E-state index contributed by atoms with van der Waals surface area (Å²) in [5, 5.41) is 61.2. The van der Waals surface area contributed by atoms with E-state index in [4.69, 9.17) is 18.9 Å². The van der Waals surface area contributed by atoms with E-state index in [1.807, 2.05) is 0 Å². The van der Waals surface area contributed by atoms with Crippen LogP contribution >= 0.6 is 0 Å². The molecular formula is C50H70N2O14. The second kappa shape index (κ2) is 25.3. The van der Waals surface area contributed by atoms with E-state index < -0.39 is 108 Å². The van der Waals surface area contributed by atoms with Gasteiger partial charge in [0.15, 0.2) is 17.9 Å². The first-order valence-corrected chi connectivity index (χ1v) is 23.8. The smallest absolute Gasteiger partial charge is 0.407 e. The molecule has 1 fully saturated rings. The van der Waals surface area contributed by atoms with Crippen LogP contribution in [0.3, 0.4) is 0 Å². The van der Waals surface area contributed by atoms with Gasteiger partial charge in [0.2, 0.25) is 11.7 Å². The summed E-state index contributed by atoms with van der Waals surface area (Å²) in [5.74, 6) is -4.48. The maximum atomic E-state index is 14.0. The van der Waals surface area contributed by atoms with Crippen molar-refractivity contribution < 1.29 is 68.5 Å². The third-order valence-corrected chi connectivity index (χ3v) is 12.8. The second-order valence-electron chi connectivity index (χ2n) is 17.8. The number of fused-ring (bicyclic) bond motifs is 3. The molecule has 2 amide bonds. The summed E-state index contributed by atoms with van der Waals surface area (Å²) in [7, 11) is 1.31. The number of rotatable bonds is 26. The van der Waals surface area contributed by atoms with E-state index in [9.17, 15) is 49.5 Å². The molecule has 6 atom stereocenters. The second-order valence-corrected chi connectivity index (χ2v) is 17.8. The van der Waals surface area contributed by atoms with E-state index in [1.165, 1.54) is 83.1 Å². The van der Waals surface area contributed by atoms with Gasteiger partial charge in [-0.05, 0) is 51.5 Å². The van der Waals surface area contributed by atoms with E-state index in [0.29, 0.717) is 6.61 Å². The molecule has 0 radical (unpaired) electrons. The molecule has 364 valence electrons. The van der Waals surface area contributed by atoms with Crippen LogP contribution in [0.15, 0.2) is 30.4 Å². The van der Waals surface area contributed by atoms with E-state index in [2.05, 4.69) is 29.7 Å². The van der Waals surface area contributed by atoms with Crippen molar-refractivity contribution in [3.05, 3.63) is 63.7 Å². The first-order valence-electron chi connectivity index (χ1n) is 23.8. The number of alkyl carbamates (subject to hydrolysis) is 1. The Balaban J connectivity index is 1.08. The van der Waals surface area contributed by atoms with Crippen LogP contribution < -0.4 is 15.4 Å². The number of ketones is 3. The van der Waals surface area contributed by atoms with Gasteiger partial charge in [-0.15, -0.1) is 0 Å². The van der Waals surface area contributed by atoms with Crippen molar-refractivity contribution in [2.45, 2.75) is 172 Å². The van der Waals surface area contributed by atoms with Crippen molar-refractivity contribution in [1.29, 1.82) is 0 Å². The number of hydrogen-bond donors (Lipinski definition) is 7. The maximum absolute atomic E-state index is 14.0. The fraction of sp³-hybridized carbons (Fsp3) is 0.620. The average molecular weight is 923 g/mol. The minimum atomic E-state index is -2.34. The molecule has 3 aliphatic rings. The Labute approximate surface area is 387 Å². The summed E-state index contributed by atoms with van der Waals surface area (Å²) < 4.78 is 22.8. The molecule has 16 heteroatoms. The number of methoxy groups -OCH3 is 1. The van der Waals surface area contributed by atoms with Gasteiger partial charge in [-0.1, -0.05) is 89.0 Å². The fourth-order valence-corrected chi connectivity index (χ4v) is 9.14. The number of hydrogen-bond acceptors (Lipinski definition) is 14. The van der Waals surface area contributed by atoms with E-state index in [-0.39, 0.29) is 53.8 Å². The molecule has 1 heterocycles. The van der Waals surface area contributed by atoms with Gasteiger partial charge in [0, 0.05) is 48.9 Å². The Morgan fingerprint density at radius 2 is 1.53 bits per heavy atom. The molecule has 7 N–H and O–H groups in total. The molecule has 0 aromatic heterocycles. The summed E-state index contributed by atoms with van der Waals surface area (Å²) in [6.07, 6.45) is 14.8. The van der Waals surface area contributed by atoms with Crippen LogP contribution in [-0.2, 0) is 30.2 Å². The predicted octanol–water partition coefficient (Wildman–Crippen LogP) is 6.70. The van der Waals surface area contributed by atoms with Crippen LogP contribution in [-0.4, -0.2) is 112 Å². The predicted molar refractivity (Wildman–Crippen MR) is 244 cm³/mol. The molecule has 2 aromatic rings. The van der Waals surface area contributed by atoms with Crippen molar-refractivity contribution in [2.24, 2.45) is 0 Å². The van der Waals surface area contributed by atoms with Crippen LogP contribution in [0.25, 0.3) is 0 Å². The Morgan fingerprint density at radius 1 is 0.879 bits per heavy atom. The third-order valence-electron chi connectivity index (χ3n) is 12.8. The molecule has 2 aliphatic carbocycles. The number of unbranched alkanes of at least 4 members (excludes halogenated alkanes) is 12. The Bertz CT molecular complexity index is 2040. The molecule has 0 bridgehead atoms. The van der Waals surface area contributed by atoms with Gasteiger partial charge in [0.05, 0.1) is 48.7 Å². The van der Waals surface area contributed by atoms with E-state index >= 15 is 0 Å². The van der Waals surface area contributed by atoms with Gasteiger partial charge in [-0.25, -0.2) is 4.79 Å². The van der Waals surface area contributed by atoms with Crippen LogP contribution in [0.1, 0.15) is 178 Å². The van der Waals surface area contributed by atoms with Crippen molar-refractivity contribution in [2.75, 3.05) is 26.9 Å². The van der Waals surface area contributed by atoms with Gasteiger partial charge in [0.1, 0.15) is 35.6 Å². The van der Waals surface area contributed by atoms with Crippen molar-refractivity contribution in [3.63, 3.8) is 0 Å². The topological polar surface area (TPSA) is 247 Å². The summed E-state index contributed by atoms with van der Waals surface area (Å²) >= 11 is 0. The molecule has 66 heavy (non-hydrogen) atoms. The van der Waals surface area contributed by atoms with Gasteiger partial charge in [0.25, 0.3) is 0 Å². The molecule has 1 saturated heterocycles. The summed E-state index contributed by atoms with van der Waals surface area (Å²) in [5.41, 5.74) is -4.03. The highest BCUT2D eigenvalue weighted by Crippen LogP contribution is 2.52. The van der Waals surface area contributed by atoms with E-state index in [0.717, 1.165) is 32.1 Å². The zero-order valence-electron chi connectivity index (χ0n) is 38.7. The monoisotopic (exact) mass is 922 g/mol. The van der Waals surface area contributed by atoms with E-state index in [1.54, 1.807) is 6.92 Å². The fourth-order valence-electron chi connectivity index (χ4n) is 9.14. The van der Waals surface area contributed by atoms with Gasteiger partial charge < -0.3 is 55.1 Å². The molecule has 0 saturated carbocycles. The Morgan fingerprint density at radius 3 is 2.20 bits per heavy atom. The van der Waals surface area contributed by atoms with Crippen LogP contribution in [0.5, 0.6) is 17.2 Å². The maximum Gasteiger partial charge on any atom is 0.407 e.